The molecular formula is C14H30N2O. The van der Waals surface area contributed by atoms with Gasteiger partial charge in [-0.3, -0.25) is 4.90 Å². The Morgan fingerprint density at radius 2 is 1.82 bits per heavy atom. The van der Waals surface area contributed by atoms with E-state index in [1.54, 1.807) is 7.11 Å². The highest BCUT2D eigenvalue weighted by atomic mass is 16.5. The van der Waals surface area contributed by atoms with E-state index >= 15 is 0 Å². The topological polar surface area (TPSA) is 38.5 Å². The summed E-state index contributed by atoms with van der Waals surface area (Å²) in [6.07, 6.45) is 7.16. The number of rotatable bonds is 8. The highest BCUT2D eigenvalue weighted by Gasteiger charge is 2.39. The molecule has 1 saturated heterocycles. The SMILES string of the molecule is CCC(CC)(C(N)CCCOC)N1CCCC1. The fourth-order valence-electron chi connectivity index (χ4n) is 3.33. The number of hydrogen-bond donors (Lipinski definition) is 1. The zero-order chi connectivity index (χ0) is 12.7. The van der Waals surface area contributed by atoms with Crippen LogP contribution in [-0.4, -0.2) is 43.3 Å². The van der Waals surface area contributed by atoms with Gasteiger partial charge in [-0.15, -0.1) is 0 Å². The largest absolute Gasteiger partial charge is 0.385 e. The van der Waals surface area contributed by atoms with E-state index in [-0.39, 0.29) is 11.6 Å². The molecule has 0 bridgehead atoms. The van der Waals surface area contributed by atoms with Gasteiger partial charge in [-0.2, -0.15) is 0 Å². The first-order chi connectivity index (χ1) is 8.21. The molecule has 0 spiro atoms. The Labute approximate surface area is 107 Å². The van der Waals surface area contributed by atoms with Gasteiger partial charge in [-0.05, 0) is 51.6 Å². The van der Waals surface area contributed by atoms with Crippen molar-refractivity contribution in [2.45, 2.75) is 64.0 Å². The fourth-order valence-corrected chi connectivity index (χ4v) is 3.33. The molecule has 1 aliphatic rings. The molecule has 1 fully saturated rings. The monoisotopic (exact) mass is 242 g/mol. The predicted octanol–water partition coefficient (Wildman–Crippen LogP) is 2.39. The molecule has 1 rings (SSSR count). The van der Waals surface area contributed by atoms with Crippen molar-refractivity contribution in [3.8, 4) is 0 Å². The van der Waals surface area contributed by atoms with Crippen LogP contribution >= 0.6 is 0 Å². The van der Waals surface area contributed by atoms with Crippen LogP contribution in [-0.2, 0) is 4.74 Å². The molecule has 17 heavy (non-hydrogen) atoms. The van der Waals surface area contributed by atoms with Crippen molar-refractivity contribution in [2.75, 3.05) is 26.8 Å². The first kappa shape index (κ1) is 14.9. The summed E-state index contributed by atoms with van der Waals surface area (Å²) in [7, 11) is 1.76. The second-order valence-electron chi connectivity index (χ2n) is 5.25. The summed E-state index contributed by atoms with van der Waals surface area (Å²) in [6.45, 7) is 7.88. The summed E-state index contributed by atoms with van der Waals surface area (Å²) >= 11 is 0. The van der Waals surface area contributed by atoms with Crippen molar-refractivity contribution < 1.29 is 4.74 Å². The lowest BCUT2D eigenvalue weighted by molar-refractivity contribution is 0.0692. The standard InChI is InChI=1S/C14H30N2O/c1-4-14(5-2,16-10-6-7-11-16)13(15)9-8-12-17-3/h13H,4-12,15H2,1-3H3. The van der Waals surface area contributed by atoms with Crippen LogP contribution in [0.2, 0.25) is 0 Å². The van der Waals surface area contributed by atoms with Crippen LogP contribution in [0.25, 0.3) is 0 Å². The average Bonchev–Trinajstić information content (AvgIpc) is 2.86. The highest BCUT2D eigenvalue weighted by molar-refractivity contribution is 4.98. The smallest absolute Gasteiger partial charge is 0.0462 e. The van der Waals surface area contributed by atoms with E-state index in [0.29, 0.717) is 0 Å². The van der Waals surface area contributed by atoms with Gasteiger partial charge in [0.15, 0.2) is 0 Å². The number of ether oxygens (including phenoxy) is 1. The van der Waals surface area contributed by atoms with E-state index in [2.05, 4.69) is 18.7 Å². The molecule has 0 aromatic heterocycles. The maximum atomic E-state index is 6.50. The third kappa shape index (κ3) is 3.43. The molecule has 102 valence electrons. The normalized spacial score (nSPS) is 19.8. The Kier molecular flexibility index (Phi) is 6.45. The molecule has 1 unspecified atom stereocenters. The molecule has 0 radical (unpaired) electrons. The summed E-state index contributed by atoms with van der Waals surface area (Å²) in [4.78, 5) is 2.64. The molecule has 2 N–H and O–H groups in total. The molecule has 0 saturated carbocycles. The number of nitrogens with two attached hydrogens (primary N) is 1. The van der Waals surface area contributed by atoms with E-state index in [0.717, 1.165) is 32.3 Å². The van der Waals surface area contributed by atoms with Crippen molar-refractivity contribution in [3.63, 3.8) is 0 Å². The van der Waals surface area contributed by atoms with Crippen LogP contribution < -0.4 is 5.73 Å². The first-order valence-electron chi connectivity index (χ1n) is 7.20. The summed E-state index contributed by atoms with van der Waals surface area (Å²) in [5.41, 5.74) is 6.72. The molecular weight excluding hydrogens is 212 g/mol. The van der Waals surface area contributed by atoms with Gasteiger partial charge < -0.3 is 10.5 Å². The molecule has 0 aliphatic carbocycles. The van der Waals surface area contributed by atoms with Gasteiger partial charge in [0.1, 0.15) is 0 Å². The van der Waals surface area contributed by atoms with Crippen LogP contribution in [0.1, 0.15) is 52.4 Å². The van der Waals surface area contributed by atoms with Crippen molar-refractivity contribution in [2.24, 2.45) is 5.73 Å². The Balaban J connectivity index is 2.61. The van der Waals surface area contributed by atoms with E-state index < -0.39 is 0 Å². The van der Waals surface area contributed by atoms with Crippen LogP contribution in [0.3, 0.4) is 0 Å². The van der Waals surface area contributed by atoms with Gasteiger partial charge in [0, 0.05) is 25.3 Å². The van der Waals surface area contributed by atoms with Crippen LogP contribution in [0.5, 0.6) is 0 Å². The third-order valence-electron chi connectivity index (χ3n) is 4.51. The van der Waals surface area contributed by atoms with Gasteiger partial charge in [-0.1, -0.05) is 13.8 Å². The van der Waals surface area contributed by atoms with E-state index in [1.807, 2.05) is 0 Å². The second kappa shape index (κ2) is 7.34. The van der Waals surface area contributed by atoms with E-state index in [9.17, 15) is 0 Å². The van der Waals surface area contributed by atoms with Crippen molar-refractivity contribution >= 4 is 0 Å². The zero-order valence-electron chi connectivity index (χ0n) is 11.9. The molecule has 3 nitrogen and oxygen atoms in total. The highest BCUT2D eigenvalue weighted by Crippen LogP contribution is 2.32. The zero-order valence-corrected chi connectivity index (χ0v) is 11.9. The molecule has 3 heteroatoms. The Bertz CT molecular complexity index is 198. The van der Waals surface area contributed by atoms with Crippen molar-refractivity contribution in [3.05, 3.63) is 0 Å². The maximum Gasteiger partial charge on any atom is 0.0462 e. The molecule has 0 aromatic carbocycles. The summed E-state index contributed by atoms with van der Waals surface area (Å²) in [5, 5.41) is 0. The summed E-state index contributed by atoms with van der Waals surface area (Å²) in [5.74, 6) is 0. The Hall–Kier alpha value is -0.120. The van der Waals surface area contributed by atoms with Gasteiger partial charge >= 0.3 is 0 Å². The molecule has 1 atom stereocenters. The Morgan fingerprint density at radius 1 is 1.24 bits per heavy atom. The van der Waals surface area contributed by atoms with E-state index in [4.69, 9.17) is 10.5 Å². The van der Waals surface area contributed by atoms with Crippen LogP contribution in [0, 0.1) is 0 Å². The van der Waals surface area contributed by atoms with E-state index in [1.165, 1.54) is 25.9 Å². The minimum Gasteiger partial charge on any atom is -0.385 e. The maximum absolute atomic E-state index is 6.50. The number of hydrogen-bond acceptors (Lipinski definition) is 3. The second-order valence-corrected chi connectivity index (χ2v) is 5.25. The predicted molar refractivity (Wildman–Crippen MR) is 73.2 cm³/mol. The summed E-state index contributed by atoms with van der Waals surface area (Å²) < 4.78 is 5.13. The third-order valence-corrected chi connectivity index (χ3v) is 4.51. The fraction of sp³-hybridized carbons (Fsp3) is 1.00. The minimum absolute atomic E-state index is 0.226. The number of methoxy groups -OCH3 is 1. The molecule has 1 aliphatic heterocycles. The lowest BCUT2D eigenvalue weighted by Crippen LogP contribution is -2.58. The minimum atomic E-state index is 0.226. The lowest BCUT2D eigenvalue weighted by atomic mass is 9.81. The van der Waals surface area contributed by atoms with Crippen molar-refractivity contribution in [1.29, 1.82) is 0 Å². The average molecular weight is 242 g/mol. The summed E-state index contributed by atoms with van der Waals surface area (Å²) in [6, 6.07) is 0.283. The van der Waals surface area contributed by atoms with Crippen LogP contribution in [0.15, 0.2) is 0 Å². The quantitative estimate of drug-likeness (QED) is 0.664. The number of nitrogens with zero attached hydrogens (tertiary/aromatic N) is 1. The van der Waals surface area contributed by atoms with Crippen molar-refractivity contribution in [1.82, 2.24) is 4.90 Å². The van der Waals surface area contributed by atoms with Gasteiger partial charge in [0.05, 0.1) is 0 Å². The molecule has 1 heterocycles. The van der Waals surface area contributed by atoms with Gasteiger partial charge in [0.25, 0.3) is 0 Å². The number of likely N-dealkylation sites (tertiary alicyclic amines) is 1. The lowest BCUT2D eigenvalue weighted by Gasteiger charge is -2.45. The van der Waals surface area contributed by atoms with Gasteiger partial charge in [-0.25, -0.2) is 0 Å². The van der Waals surface area contributed by atoms with Gasteiger partial charge in [0.2, 0.25) is 0 Å². The Morgan fingerprint density at radius 3 is 2.29 bits per heavy atom. The molecule has 0 amide bonds. The first-order valence-corrected chi connectivity index (χ1v) is 7.20. The van der Waals surface area contributed by atoms with Crippen LogP contribution in [0.4, 0.5) is 0 Å². The molecule has 0 aromatic rings.